The average Bonchev–Trinajstić information content (AvgIpc) is 3.14. The van der Waals surface area contributed by atoms with Crippen LogP contribution in [0.4, 0.5) is 0 Å². The van der Waals surface area contributed by atoms with E-state index in [0.717, 1.165) is 0 Å². The Balaban J connectivity index is 1.60. The van der Waals surface area contributed by atoms with Crippen molar-refractivity contribution in [2.45, 2.75) is 12.5 Å². The summed E-state index contributed by atoms with van der Waals surface area (Å²) in [7, 11) is -1.59. The quantitative estimate of drug-likeness (QED) is 0.746. The standard InChI is InChI=1S/C16H16ClNO6S/c1-18(12-4-5-25(21,22)9-12)15(19)8-23-16(20)14-7-10-6-11(17)2-3-13(10)24-14/h2-3,6-7,12H,4-5,8-9H2,1H3/t12-/m0/s1. The van der Waals surface area contributed by atoms with Crippen LogP contribution < -0.4 is 0 Å². The Morgan fingerprint density at radius 1 is 1.36 bits per heavy atom. The van der Waals surface area contributed by atoms with Gasteiger partial charge in [-0.1, -0.05) is 11.6 Å². The highest BCUT2D eigenvalue weighted by molar-refractivity contribution is 7.91. The van der Waals surface area contributed by atoms with E-state index < -0.39 is 28.3 Å². The SMILES string of the molecule is CN(C(=O)COC(=O)c1cc2cc(Cl)ccc2o1)[C@H]1CCS(=O)(=O)C1. The van der Waals surface area contributed by atoms with Crippen LogP contribution >= 0.6 is 11.6 Å². The van der Waals surface area contributed by atoms with Gasteiger partial charge >= 0.3 is 5.97 Å². The summed E-state index contributed by atoms with van der Waals surface area (Å²) in [6.07, 6.45) is 0.392. The summed E-state index contributed by atoms with van der Waals surface area (Å²) in [5.41, 5.74) is 0.482. The van der Waals surface area contributed by atoms with Gasteiger partial charge in [-0.3, -0.25) is 4.79 Å². The lowest BCUT2D eigenvalue weighted by Crippen LogP contribution is -2.40. The van der Waals surface area contributed by atoms with Crippen molar-refractivity contribution in [3.05, 3.63) is 35.0 Å². The third kappa shape index (κ3) is 3.96. The second kappa shape index (κ2) is 6.68. The monoisotopic (exact) mass is 385 g/mol. The molecule has 2 aromatic rings. The van der Waals surface area contributed by atoms with E-state index in [9.17, 15) is 18.0 Å². The molecule has 9 heteroatoms. The van der Waals surface area contributed by atoms with Crippen LogP contribution in [0.3, 0.4) is 0 Å². The number of rotatable bonds is 4. The number of ether oxygens (including phenoxy) is 1. The van der Waals surface area contributed by atoms with Crippen molar-refractivity contribution in [2.24, 2.45) is 0 Å². The molecule has 1 fully saturated rings. The fourth-order valence-electron chi connectivity index (χ4n) is 2.70. The molecular formula is C16H16ClNO6S. The van der Waals surface area contributed by atoms with E-state index in [4.69, 9.17) is 20.8 Å². The summed E-state index contributed by atoms with van der Waals surface area (Å²) in [5, 5.41) is 1.16. The minimum absolute atomic E-state index is 0.0313. The van der Waals surface area contributed by atoms with Crippen LogP contribution in [-0.2, 0) is 19.4 Å². The van der Waals surface area contributed by atoms with Gasteiger partial charge in [-0.2, -0.15) is 0 Å². The molecule has 0 spiro atoms. The van der Waals surface area contributed by atoms with Gasteiger partial charge in [-0.05, 0) is 30.7 Å². The molecule has 1 saturated heterocycles. The number of carbonyl (C=O) groups is 2. The van der Waals surface area contributed by atoms with Crippen LogP contribution in [-0.4, -0.2) is 56.4 Å². The Kier molecular flexibility index (Phi) is 4.75. The lowest BCUT2D eigenvalue weighted by molar-refractivity contribution is -0.134. The Bertz CT molecular complexity index is 935. The maximum atomic E-state index is 12.1. The van der Waals surface area contributed by atoms with Gasteiger partial charge in [-0.15, -0.1) is 0 Å². The third-order valence-electron chi connectivity index (χ3n) is 4.16. The molecule has 0 radical (unpaired) electrons. The summed E-state index contributed by atoms with van der Waals surface area (Å²) < 4.78 is 33.3. The predicted octanol–water partition coefficient (Wildman–Crippen LogP) is 1.89. The Morgan fingerprint density at radius 3 is 2.80 bits per heavy atom. The highest BCUT2D eigenvalue weighted by Gasteiger charge is 2.33. The average molecular weight is 386 g/mol. The minimum Gasteiger partial charge on any atom is -0.450 e. The zero-order valence-electron chi connectivity index (χ0n) is 13.4. The molecule has 0 aliphatic carbocycles. The smallest absolute Gasteiger partial charge is 0.374 e. The molecule has 25 heavy (non-hydrogen) atoms. The first-order valence-electron chi connectivity index (χ1n) is 7.57. The van der Waals surface area contributed by atoms with Crippen LogP contribution in [0.15, 0.2) is 28.7 Å². The number of hydrogen-bond donors (Lipinski definition) is 0. The molecule has 1 aliphatic heterocycles. The second-order valence-corrected chi connectivity index (χ2v) is 8.60. The normalized spacial score (nSPS) is 19.0. The number of hydrogen-bond acceptors (Lipinski definition) is 6. The van der Waals surface area contributed by atoms with Crippen LogP contribution in [0, 0.1) is 0 Å². The Hall–Kier alpha value is -2.06. The number of furan rings is 1. The number of halogens is 1. The van der Waals surface area contributed by atoms with E-state index in [1.54, 1.807) is 18.2 Å². The zero-order valence-corrected chi connectivity index (χ0v) is 15.0. The van der Waals surface area contributed by atoms with E-state index in [0.29, 0.717) is 22.4 Å². The van der Waals surface area contributed by atoms with E-state index in [1.807, 2.05) is 0 Å². The summed E-state index contributed by atoms with van der Waals surface area (Å²) in [4.78, 5) is 25.5. The zero-order chi connectivity index (χ0) is 18.2. The molecular weight excluding hydrogens is 370 g/mol. The maximum Gasteiger partial charge on any atom is 0.374 e. The fourth-order valence-corrected chi connectivity index (χ4v) is 4.65. The van der Waals surface area contributed by atoms with Crippen LogP contribution in [0.2, 0.25) is 5.02 Å². The molecule has 1 atom stereocenters. The molecule has 1 aromatic heterocycles. The molecule has 1 amide bonds. The first kappa shape index (κ1) is 17.8. The number of benzene rings is 1. The topological polar surface area (TPSA) is 93.9 Å². The van der Waals surface area contributed by atoms with Crippen molar-refractivity contribution in [2.75, 3.05) is 25.2 Å². The van der Waals surface area contributed by atoms with Crippen molar-refractivity contribution in [3.63, 3.8) is 0 Å². The number of fused-ring (bicyclic) bond motifs is 1. The Morgan fingerprint density at radius 2 is 2.12 bits per heavy atom. The second-order valence-electron chi connectivity index (χ2n) is 5.93. The lowest BCUT2D eigenvalue weighted by atomic mass is 10.2. The number of amides is 1. The summed E-state index contributed by atoms with van der Waals surface area (Å²) in [5.74, 6) is -1.26. The fraction of sp³-hybridized carbons (Fsp3) is 0.375. The number of esters is 1. The molecule has 1 aliphatic rings. The van der Waals surface area contributed by atoms with E-state index >= 15 is 0 Å². The van der Waals surface area contributed by atoms with Crippen molar-refractivity contribution >= 4 is 44.3 Å². The van der Waals surface area contributed by atoms with Crippen LogP contribution in [0.25, 0.3) is 11.0 Å². The number of nitrogens with zero attached hydrogens (tertiary/aromatic N) is 1. The Labute approximate surface area is 149 Å². The molecule has 0 N–H and O–H groups in total. The molecule has 2 heterocycles. The third-order valence-corrected chi connectivity index (χ3v) is 6.14. The van der Waals surface area contributed by atoms with E-state index in [1.165, 1.54) is 18.0 Å². The van der Waals surface area contributed by atoms with Gasteiger partial charge in [0.15, 0.2) is 16.4 Å². The predicted molar refractivity (Wildman–Crippen MR) is 91.3 cm³/mol. The van der Waals surface area contributed by atoms with Crippen molar-refractivity contribution in [1.82, 2.24) is 4.90 Å². The van der Waals surface area contributed by atoms with Crippen molar-refractivity contribution in [1.29, 1.82) is 0 Å². The maximum absolute atomic E-state index is 12.1. The molecule has 3 rings (SSSR count). The number of likely N-dealkylation sites (N-methyl/N-ethyl adjacent to an activating group) is 1. The van der Waals surface area contributed by atoms with Gasteiger partial charge in [0, 0.05) is 23.5 Å². The molecule has 1 aromatic carbocycles. The highest BCUT2D eigenvalue weighted by atomic mass is 35.5. The summed E-state index contributed by atoms with van der Waals surface area (Å²) >= 11 is 5.88. The summed E-state index contributed by atoms with van der Waals surface area (Å²) in [6.45, 7) is -0.482. The first-order chi connectivity index (χ1) is 11.7. The van der Waals surface area contributed by atoms with E-state index in [-0.39, 0.29) is 23.3 Å². The number of sulfone groups is 1. The lowest BCUT2D eigenvalue weighted by Gasteiger charge is -2.22. The first-order valence-corrected chi connectivity index (χ1v) is 9.77. The van der Waals surface area contributed by atoms with Crippen LogP contribution in [0.1, 0.15) is 17.0 Å². The van der Waals surface area contributed by atoms with Gasteiger partial charge in [0.05, 0.1) is 11.5 Å². The van der Waals surface area contributed by atoms with Gasteiger partial charge in [0.2, 0.25) is 5.76 Å². The van der Waals surface area contributed by atoms with Gasteiger partial charge < -0.3 is 14.1 Å². The minimum atomic E-state index is -3.09. The number of carbonyl (C=O) groups excluding carboxylic acids is 2. The molecule has 0 unspecified atom stereocenters. The van der Waals surface area contributed by atoms with E-state index in [2.05, 4.69) is 0 Å². The van der Waals surface area contributed by atoms with Gasteiger partial charge in [0.25, 0.3) is 5.91 Å². The molecule has 0 bridgehead atoms. The molecule has 134 valence electrons. The van der Waals surface area contributed by atoms with Crippen molar-refractivity contribution < 1.29 is 27.2 Å². The van der Waals surface area contributed by atoms with Gasteiger partial charge in [0.1, 0.15) is 5.58 Å². The highest BCUT2D eigenvalue weighted by Crippen LogP contribution is 2.23. The molecule has 7 nitrogen and oxygen atoms in total. The van der Waals surface area contributed by atoms with Gasteiger partial charge in [-0.25, -0.2) is 13.2 Å². The van der Waals surface area contributed by atoms with Crippen LogP contribution in [0.5, 0.6) is 0 Å². The summed E-state index contributed by atoms with van der Waals surface area (Å²) in [6, 6.07) is 6.02. The van der Waals surface area contributed by atoms with Crippen molar-refractivity contribution in [3.8, 4) is 0 Å². The molecule has 0 saturated carbocycles. The largest absolute Gasteiger partial charge is 0.450 e.